The van der Waals surface area contributed by atoms with Gasteiger partial charge in [0.15, 0.2) is 5.82 Å². The average molecular weight is 835 g/mol. The molecule has 0 saturated carbocycles. The molecule has 0 amide bonds. The Morgan fingerprint density at radius 3 is 1.86 bits per heavy atom. The van der Waals surface area contributed by atoms with Gasteiger partial charge >= 0.3 is 0 Å². The van der Waals surface area contributed by atoms with Crippen molar-refractivity contribution < 1.29 is 4.42 Å². The van der Waals surface area contributed by atoms with Gasteiger partial charge in [-0.1, -0.05) is 127 Å². The number of benzene rings is 9. The quantitative estimate of drug-likeness (QED) is 0.174. The zero-order valence-corrected chi connectivity index (χ0v) is 35.1. The molecule has 9 aromatic carbocycles. The van der Waals surface area contributed by atoms with Gasteiger partial charge in [0.2, 0.25) is 0 Å². The molecule has 0 bridgehead atoms. The van der Waals surface area contributed by atoms with E-state index in [2.05, 4.69) is 215 Å². The number of aromatic nitrogens is 4. The van der Waals surface area contributed by atoms with Crippen LogP contribution >= 0.6 is 11.3 Å². The molecule has 14 aromatic rings. The van der Waals surface area contributed by atoms with Crippen molar-refractivity contribution in [3.8, 4) is 45.1 Å². The summed E-state index contributed by atoms with van der Waals surface area (Å²) in [7, 11) is 0. The lowest BCUT2D eigenvalue weighted by atomic mass is 10.0. The van der Waals surface area contributed by atoms with Crippen molar-refractivity contribution in [1.29, 1.82) is 0 Å². The standard InChI is InChI=1S/C58H34N4OS/c1-3-15-35(16-4-1)36-17-13-18-37(31-36)55-57-56(42-23-9-12-28-53(42)64-57)60-58(59-55)38-29-30-51-45(32-38)54-48(26-14-27-52(54)63-51)62-47-25-11-8-22-41(47)44-33-43-40-21-7-10-24-46(40)61(49(43)34-50(44)62)39-19-5-2-6-20-39/h1-34H. The van der Waals surface area contributed by atoms with Crippen LogP contribution in [0.4, 0.5) is 0 Å². The summed E-state index contributed by atoms with van der Waals surface area (Å²) in [4.78, 5) is 10.8. The van der Waals surface area contributed by atoms with Gasteiger partial charge in [-0.15, -0.1) is 11.3 Å². The van der Waals surface area contributed by atoms with Gasteiger partial charge in [0, 0.05) is 53.8 Å². The summed E-state index contributed by atoms with van der Waals surface area (Å²) in [6.07, 6.45) is 0. The zero-order valence-electron chi connectivity index (χ0n) is 34.2. The normalized spacial score (nSPS) is 12.1. The molecule has 0 spiro atoms. The molecule has 14 rings (SSSR count). The molecule has 0 aliphatic rings. The minimum atomic E-state index is 0.679. The summed E-state index contributed by atoms with van der Waals surface area (Å²) in [5.41, 5.74) is 14.7. The second kappa shape index (κ2) is 13.6. The molecule has 298 valence electrons. The van der Waals surface area contributed by atoms with Crippen molar-refractivity contribution in [2.24, 2.45) is 0 Å². The molecular formula is C58H34N4OS. The van der Waals surface area contributed by atoms with Crippen LogP contribution in [-0.2, 0) is 0 Å². The third kappa shape index (κ3) is 5.17. The van der Waals surface area contributed by atoms with Gasteiger partial charge in [-0.3, -0.25) is 0 Å². The SMILES string of the molecule is c1ccc(-c2cccc(-c3nc(-c4ccc5oc6cccc(-n7c8ccccc8c8cc9c%10ccccc%10n(-c%10ccccc%10)c9cc87)c6c5c4)nc4c3sc3ccccc34)c2)cc1. The Labute approximate surface area is 370 Å². The van der Waals surface area contributed by atoms with Gasteiger partial charge in [0.05, 0.1) is 49.1 Å². The first-order valence-electron chi connectivity index (χ1n) is 21.6. The fraction of sp³-hybridized carbons (Fsp3) is 0. The summed E-state index contributed by atoms with van der Waals surface area (Å²) in [5.74, 6) is 0.679. The third-order valence-electron chi connectivity index (χ3n) is 12.9. The number of furan rings is 1. The van der Waals surface area contributed by atoms with Crippen molar-refractivity contribution in [3.63, 3.8) is 0 Å². The van der Waals surface area contributed by atoms with Crippen LogP contribution in [0.25, 0.3) is 131 Å². The number of thiophene rings is 1. The van der Waals surface area contributed by atoms with Crippen molar-refractivity contribution in [2.75, 3.05) is 0 Å². The number of fused-ring (bicyclic) bond motifs is 12. The highest BCUT2D eigenvalue weighted by Crippen LogP contribution is 2.44. The van der Waals surface area contributed by atoms with E-state index in [1.54, 1.807) is 11.3 Å². The largest absolute Gasteiger partial charge is 0.456 e. The van der Waals surface area contributed by atoms with Crippen molar-refractivity contribution >= 4 is 97.2 Å². The number of rotatable bonds is 5. The molecular weight excluding hydrogens is 801 g/mol. The highest BCUT2D eigenvalue weighted by Gasteiger charge is 2.23. The lowest BCUT2D eigenvalue weighted by Gasteiger charge is -2.11. The maximum absolute atomic E-state index is 6.70. The lowest BCUT2D eigenvalue weighted by molar-refractivity contribution is 0.669. The molecule has 0 unspecified atom stereocenters. The maximum Gasteiger partial charge on any atom is 0.160 e. The first-order chi connectivity index (χ1) is 31.7. The van der Waals surface area contributed by atoms with E-state index in [0.717, 1.165) is 87.9 Å². The Balaban J connectivity index is 1.02. The Morgan fingerprint density at radius 2 is 1.05 bits per heavy atom. The Bertz CT molecular complexity index is 4190. The molecule has 0 aliphatic heterocycles. The van der Waals surface area contributed by atoms with Crippen LogP contribution in [0.3, 0.4) is 0 Å². The number of hydrogen-bond acceptors (Lipinski definition) is 4. The lowest BCUT2D eigenvalue weighted by Crippen LogP contribution is -1.96. The van der Waals surface area contributed by atoms with E-state index in [4.69, 9.17) is 14.4 Å². The first-order valence-corrected chi connectivity index (χ1v) is 22.4. The van der Waals surface area contributed by atoms with Gasteiger partial charge in [-0.2, -0.15) is 0 Å². The number of nitrogens with zero attached hydrogens (tertiary/aromatic N) is 4. The fourth-order valence-electron chi connectivity index (χ4n) is 10.1. The molecule has 5 heterocycles. The summed E-state index contributed by atoms with van der Waals surface area (Å²) in [6.45, 7) is 0. The minimum absolute atomic E-state index is 0.679. The molecule has 0 radical (unpaired) electrons. The average Bonchev–Trinajstić information content (AvgIpc) is 4.11. The fourth-order valence-corrected chi connectivity index (χ4v) is 11.2. The van der Waals surface area contributed by atoms with Crippen LogP contribution in [-0.4, -0.2) is 19.1 Å². The Kier molecular flexibility index (Phi) is 7.49. The molecule has 0 atom stereocenters. The molecule has 0 fully saturated rings. The molecule has 64 heavy (non-hydrogen) atoms. The Morgan fingerprint density at radius 1 is 0.391 bits per heavy atom. The molecule has 0 N–H and O–H groups in total. The summed E-state index contributed by atoms with van der Waals surface area (Å²) < 4.78 is 13.8. The van der Waals surface area contributed by atoms with Crippen LogP contribution in [0, 0.1) is 0 Å². The summed E-state index contributed by atoms with van der Waals surface area (Å²) in [5, 5.41) is 8.07. The second-order valence-corrected chi connectivity index (χ2v) is 17.6. The highest BCUT2D eigenvalue weighted by atomic mass is 32.1. The summed E-state index contributed by atoms with van der Waals surface area (Å²) >= 11 is 1.75. The topological polar surface area (TPSA) is 48.8 Å². The van der Waals surface area contributed by atoms with E-state index < -0.39 is 0 Å². The molecule has 0 aliphatic carbocycles. The van der Waals surface area contributed by atoms with Crippen molar-refractivity contribution in [3.05, 3.63) is 206 Å². The van der Waals surface area contributed by atoms with Gasteiger partial charge < -0.3 is 13.6 Å². The van der Waals surface area contributed by atoms with Crippen LogP contribution in [0.2, 0.25) is 0 Å². The third-order valence-corrected chi connectivity index (χ3v) is 14.1. The maximum atomic E-state index is 6.70. The van der Waals surface area contributed by atoms with Gasteiger partial charge in [0.1, 0.15) is 11.2 Å². The Hall–Kier alpha value is -8.32. The molecule has 5 nitrogen and oxygen atoms in total. The zero-order chi connectivity index (χ0) is 41.9. The van der Waals surface area contributed by atoms with E-state index in [0.29, 0.717) is 5.82 Å². The van der Waals surface area contributed by atoms with E-state index >= 15 is 0 Å². The second-order valence-electron chi connectivity index (χ2n) is 16.5. The molecule has 0 saturated heterocycles. The van der Waals surface area contributed by atoms with Crippen LogP contribution in [0.15, 0.2) is 211 Å². The predicted molar refractivity (Wildman–Crippen MR) is 267 cm³/mol. The van der Waals surface area contributed by atoms with Gasteiger partial charge in [-0.05, 0) is 90.0 Å². The van der Waals surface area contributed by atoms with Gasteiger partial charge in [-0.25, -0.2) is 9.97 Å². The van der Waals surface area contributed by atoms with Crippen LogP contribution in [0.1, 0.15) is 0 Å². The molecule has 6 heteroatoms. The van der Waals surface area contributed by atoms with Gasteiger partial charge in [0.25, 0.3) is 0 Å². The van der Waals surface area contributed by atoms with Crippen molar-refractivity contribution in [2.45, 2.75) is 0 Å². The number of hydrogen-bond donors (Lipinski definition) is 0. The smallest absolute Gasteiger partial charge is 0.160 e. The monoisotopic (exact) mass is 834 g/mol. The predicted octanol–water partition coefficient (Wildman–Crippen LogP) is 15.9. The van der Waals surface area contributed by atoms with E-state index in [-0.39, 0.29) is 0 Å². The molecule has 5 aromatic heterocycles. The first kappa shape index (κ1) is 35.3. The summed E-state index contributed by atoms with van der Waals surface area (Å²) in [6, 6.07) is 73.6. The van der Waals surface area contributed by atoms with Crippen LogP contribution in [0.5, 0.6) is 0 Å². The van der Waals surface area contributed by atoms with E-state index in [9.17, 15) is 0 Å². The van der Waals surface area contributed by atoms with E-state index in [1.165, 1.54) is 37.3 Å². The van der Waals surface area contributed by atoms with Crippen molar-refractivity contribution in [1.82, 2.24) is 19.1 Å². The highest BCUT2D eigenvalue weighted by molar-refractivity contribution is 7.26. The van der Waals surface area contributed by atoms with Crippen LogP contribution < -0.4 is 0 Å². The van der Waals surface area contributed by atoms with E-state index in [1.807, 2.05) is 0 Å². The number of para-hydroxylation sites is 3. The minimum Gasteiger partial charge on any atom is -0.456 e.